The van der Waals surface area contributed by atoms with Gasteiger partial charge in [0.1, 0.15) is 0 Å². The Labute approximate surface area is 185 Å². The second-order valence-electron chi connectivity index (χ2n) is 7.39. The Kier molecular flexibility index (Phi) is 8.24. The Morgan fingerprint density at radius 2 is 1.84 bits per heavy atom. The molecule has 1 saturated heterocycles. The maximum absolute atomic E-state index is 13.1. The van der Waals surface area contributed by atoms with Crippen LogP contribution in [0.2, 0.25) is 0 Å². The van der Waals surface area contributed by atoms with Crippen LogP contribution in [-0.2, 0) is 17.3 Å². The highest BCUT2D eigenvalue weighted by Gasteiger charge is 2.30. The lowest BCUT2D eigenvalue weighted by molar-refractivity contribution is -0.137. The zero-order valence-electron chi connectivity index (χ0n) is 17.9. The van der Waals surface area contributed by atoms with E-state index in [1.165, 1.54) is 12.1 Å². The van der Waals surface area contributed by atoms with Crippen LogP contribution in [0, 0.1) is 0 Å². The third-order valence-corrected chi connectivity index (χ3v) is 5.10. The van der Waals surface area contributed by atoms with E-state index in [0.717, 1.165) is 37.2 Å². The van der Waals surface area contributed by atoms with Gasteiger partial charge in [0.25, 0.3) is 5.91 Å². The van der Waals surface area contributed by atoms with Gasteiger partial charge in [-0.15, -0.1) is 0 Å². The van der Waals surface area contributed by atoms with E-state index < -0.39 is 17.6 Å². The number of nitrogens with zero attached hydrogens (tertiary/aromatic N) is 2. The molecule has 0 atom stereocenters. The second-order valence-corrected chi connectivity index (χ2v) is 7.39. The lowest BCUT2D eigenvalue weighted by Crippen LogP contribution is -2.39. The summed E-state index contributed by atoms with van der Waals surface area (Å²) in [7, 11) is 0. The maximum atomic E-state index is 13.1. The molecule has 0 saturated carbocycles. The van der Waals surface area contributed by atoms with Crippen LogP contribution in [0.3, 0.4) is 0 Å². The molecule has 1 amide bonds. The van der Waals surface area contributed by atoms with Crippen LogP contribution in [0.5, 0.6) is 0 Å². The van der Waals surface area contributed by atoms with E-state index in [1.807, 2.05) is 19.1 Å². The van der Waals surface area contributed by atoms with E-state index in [2.05, 4.69) is 20.5 Å². The van der Waals surface area contributed by atoms with Gasteiger partial charge in [-0.2, -0.15) is 13.2 Å². The molecule has 2 N–H and O–H groups in total. The standard InChI is InChI=1S/C23H27F3N4O2/c1-2-17-6-8-18(9-7-17)21(31)29-22(27-10-11-30-12-14-32-15-13-30)28-20-5-3-4-19(16-20)23(24,25)26/h3-9,16H,2,10-15H2,1H3,(H2,27,28,29,31). The van der Waals surface area contributed by atoms with Crippen LogP contribution in [0.4, 0.5) is 18.9 Å². The van der Waals surface area contributed by atoms with Crippen molar-refractivity contribution in [2.75, 3.05) is 44.7 Å². The highest BCUT2D eigenvalue weighted by atomic mass is 19.4. The number of anilines is 1. The van der Waals surface area contributed by atoms with Crippen LogP contribution < -0.4 is 10.6 Å². The molecule has 1 fully saturated rings. The molecular formula is C23H27F3N4O2. The Morgan fingerprint density at radius 1 is 1.12 bits per heavy atom. The average molecular weight is 448 g/mol. The number of benzene rings is 2. The molecule has 0 radical (unpaired) electrons. The third-order valence-electron chi connectivity index (χ3n) is 5.10. The van der Waals surface area contributed by atoms with Gasteiger partial charge in [0, 0.05) is 30.9 Å². The molecule has 172 valence electrons. The Bertz CT molecular complexity index is 924. The van der Waals surface area contributed by atoms with Gasteiger partial charge in [0.05, 0.1) is 25.3 Å². The predicted molar refractivity (Wildman–Crippen MR) is 118 cm³/mol. The number of guanidine groups is 1. The number of ether oxygens (including phenoxy) is 1. The Morgan fingerprint density at radius 3 is 2.50 bits per heavy atom. The molecule has 1 aliphatic heterocycles. The number of rotatable bonds is 6. The topological polar surface area (TPSA) is 66.0 Å². The zero-order chi connectivity index (χ0) is 23.0. The minimum Gasteiger partial charge on any atom is -0.379 e. The number of carbonyl (C=O) groups excluding carboxylic acids is 1. The summed E-state index contributed by atoms with van der Waals surface area (Å²) in [6, 6.07) is 11.9. The number of aliphatic imine (C=N–C) groups is 1. The molecule has 0 unspecified atom stereocenters. The van der Waals surface area contributed by atoms with Crippen molar-refractivity contribution in [3.63, 3.8) is 0 Å². The number of morpholine rings is 1. The zero-order valence-corrected chi connectivity index (χ0v) is 17.9. The molecule has 6 nitrogen and oxygen atoms in total. The van der Waals surface area contributed by atoms with E-state index in [1.54, 1.807) is 12.1 Å². The van der Waals surface area contributed by atoms with Gasteiger partial charge in [0.15, 0.2) is 0 Å². The number of hydrogen-bond acceptors (Lipinski definition) is 4. The van der Waals surface area contributed by atoms with Crippen molar-refractivity contribution >= 4 is 17.6 Å². The molecule has 2 aromatic carbocycles. The average Bonchev–Trinajstić information content (AvgIpc) is 2.79. The molecule has 32 heavy (non-hydrogen) atoms. The minimum atomic E-state index is -4.46. The second kappa shape index (κ2) is 11.1. The van der Waals surface area contributed by atoms with Crippen molar-refractivity contribution in [1.82, 2.24) is 10.2 Å². The summed E-state index contributed by atoms with van der Waals surface area (Å²) in [6.45, 7) is 5.94. The van der Waals surface area contributed by atoms with E-state index in [-0.39, 0.29) is 11.6 Å². The van der Waals surface area contributed by atoms with Crippen molar-refractivity contribution in [3.05, 3.63) is 65.2 Å². The van der Waals surface area contributed by atoms with E-state index in [0.29, 0.717) is 31.9 Å². The van der Waals surface area contributed by atoms with Crippen molar-refractivity contribution in [2.24, 2.45) is 4.99 Å². The molecule has 1 aliphatic rings. The Balaban J connectivity index is 1.73. The molecule has 0 aliphatic carbocycles. The Hall–Kier alpha value is -2.91. The first-order valence-electron chi connectivity index (χ1n) is 10.5. The highest BCUT2D eigenvalue weighted by Crippen LogP contribution is 2.30. The van der Waals surface area contributed by atoms with Crippen LogP contribution in [-0.4, -0.2) is 56.2 Å². The molecule has 0 spiro atoms. The number of nitrogens with one attached hydrogen (secondary N) is 2. The van der Waals surface area contributed by atoms with Crippen molar-refractivity contribution < 1.29 is 22.7 Å². The van der Waals surface area contributed by atoms with Gasteiger partial charge in [-0.05, 0) is 42.3 Å². The molecule has 9 heteroatoms. The summed E-state index contributed by atoms with van der Waals surface area (Å²) >= 11 is 0. The van der Waals surface area contributed by atoms with Gasteiger partial charge >= 0.3 is 6.18 Å². The monoisotopic (exact) mass is 448 g/mol. The summed E-state index contributed by atoms with van der Waals surface area (Å²) in [5.74, 6) is -0.292. The first-order chi connectivity index (χ1) is 15.3. The number of amides is 1. The first kappa shape index (κ1) is 23.7. The fourth-order valence-corrected chi connectivity index (χ4v) is 3.22. The van der Waals surface area contributed by atoms with Gasteiger partial charge in [-0.3, -0.25) is 20.0 Å². The van der Waals surface area contributed by atoms with Crippen LogP contribution in [0.1, 0.15) is 28.4 Å². The predicted octanol–water partition coefficient (Wildman–Crippen LogP) is 3.80. The quantitative estimate of drug-likeness (QED) is 0.521. The summed E-state index contributed by atoms with van der Waals surface area (Å²) in [4.78, 5) is 19.3. The summed E-state index contributed by atoms with van der Waals surface area (Å²) < 4.78 is 44.5. The van der Waals surface area contributed by atoms with Crippen LogP contribution >= 0.6 is 0 Å². The lowest BCUT2D eigenvalue weighted by Gasteiger charge is -2.25. The van der Waals surface area contributed by atoms with E-state index in [4.69, 9.17) is 4.74 Å². The smallest absolute Gasteiger partial charge is 0.379 e. The van der Waals surface area contributed by atoms with Gasteiger partial charge in [0.2, 0.25) is 5.96 Å². The van der Waals surface area contributed by atoms with Crippen molar-refractivity contribution in [3.8, 4) is 0 Å². The van der Waals surface area contributed by atoms with Gasteiger partial charge < -0.3 is 10.1 Å². The van der Waals surface area contributed by atoms with E-state index >= 15 is 0 Å². The normalized spacial score (nSPS) is 15.4. The molecule has 2 aromatic rings. The summed E-state index contributed by atoms with van der Waals surface area (Å²) in [5.41, 5.74) is 0.945. The van der Waals surface area contributed by atoms with Crippen molar-refractivity contribution in [2.45, 2.75) is 19.5 Å². The van der Waals surface area contributed by atoms with Gasteiger partial charge in [-0.25, -0.2) is 0 Å². The maximum Gasteiger partial charge on any atom is 0.416 e. The molecular weight excluding hydrogens is 421 g/mol. The minimum absolute atomic E-state index is 0.0992. The van der Waals surface area contributed by atoms with Crippen molar-refractivity contribution in [1.29, 1.82) is 0 Å². The molecule has 0 bridgehead atoms. The summed E-state index contributed by atoms with van der Waals surface area (Å²) in [5, 5.41) is 5.52. The van der Waals surface area contributed by atoms with E-state index in [9.17, 15) is 18.0 Å². The number of alkyl halides is 3. The third kappa shape index (κ3) is 7.06. The lowest BCUT2D eigenvalue weighted by atomic mass is 10.1. The van der Waals surface area contributed by atoms with Crippen LogP contribution in [0.25, 0.3) is 0 Å². The first-order valence-corrected chi connectivity index (χ1v) is 10.5. The summed E-state index contributed by atoms with van der Waals surface area (Å²) in [6.07, 6.45) is -3.61. The number of aryl methyl sites for hydroxylation is 1. The largest absolute Gasteiger partial charge is 0.416 e. The van der Waals surface area contributed by atoms with Gasteiger partial charge in [-0.1, -0.05) is 25.1 Å². The highest BCUT2D eigenvalue weighted by molar-refractivity contribution is 6.10. The molecule has 0 aromatic heterocycles. The number of hydrogen-bond donors (Lipinski definition) is 2. The number of halogens is 3. The molecule has 1 heterocycles. The fraction of sp³-hybridized carbons (Fsp3) is 0.391. The fourth-order valence-electron chi connectivity index (χ4n) is 3.22. The van der Waals surface area contributed by atoms with Crippen LogP contribution in [0.15, 0.2) is 53.5 Å². The SMILES string of the molecule is CCc1ccc(C(=O)NC(=NCCN2CCOCC2)Nc2cccc(C(F)(F)F)c2)cc1. The number of carbonyl (C=O) groups is 1. The molecule has 3 rings (SSSR count).